The zero-order chi connectivity index (χ0) is 19.8. The molecule has 4 nitrogen and oxygen atoms in total. The normalized spacial score (nSPS) is 11.3. The smallest absolute Gasteiger partial charge is 0.373 e. The number of esters is 1. The summed E-state index contributed by atoms with van der Waals surface area (Å²) < 4.78 is 16.7. The van der Waals surface area contributed by atoms with Crippen LogP contribution in [0, 0.1) is 0 Å². The Morgan fingerprint density at radius 1 is 0.821 bits per heavy atom. The summed E-state index contributed by atoms with van der Waals surface area (Å²) >= 11 is 0. The topological polar surface area (TPSA) is 44.8 Å². The molecular weight excluding hydrogens is 352 g/mol. The van der Waals surface area contributed by atoms with Crippen molar-refractivity contribution in [3.8, 4) is 5.75 Å². The molecule has 0 spiro atoms. The molecule has 3 rings (SSSR count). The average molecular weight is 376 g/mol. The van der Waals surface area contributed by atoms with Gasteiger partial charge in [0.05, 0.1) is 13.2 Å². The van der Waals surface area contributed by atoms with Crippen molar-refractivity contribution in [2.75, 3.05) is 13.2 Å². The summed E-state index contributed by atoms with van der Waals surface area (Å²) in [6.07, 6.45) is 1.73. The summed E-state index contributed by atoms with van der Waals surface area (Å²) in [5.41, 5.74) is 1.98. The second-order valence-electron chi connectivity index (χ2n) is 6.13. The first kappa shape index (κ1) is 19.5. The fraction of sp³-hybridized carbons (Fsp3) is 0.208. The highest BCUT2D eigenvalue weighted by Gasteiger charge is 2.14. The van der Waals surface area contributed by atoms with E-state index in [0.717, 1.165) is 27.6 Å². The van der Waals surface area contributed by atoms with Gasteiger partial charge in [-0.2, -0.15) is 0 Å². The van der Waals surface area contributed by atoms with Crippen molar-refractivity contribution in [2.45, 2.75) is 20.5 Å². The molecule has 0 fully saturated rings. The van der Waals surface area contributed by atoms with Crippen molar-refractivity contribution in [1.82, 2.24) is 0 Å². The predicted molar refractivity (Wildman–Crippen MR) is 111 cm³/mol. The van der Waals surface area contributed by atoms with Gasteiger partial charge in [-0.3, -0.25) is 0 Å². The Morgan fingerprint density at radius 3 is 2.21 bits per heavy atom. The van der Waals surface area contributed by atoms with Crippen LogP contribution in [0.15, 0.2) is 72.5 Å². The fourth-order valence-corrected chi connectivity index (χ4v) is 2.94. The first-order chi connectivity index (χ1) is 13.7. The summed E-state index contributed by atoms with van der Waals surface area (Å²) in [4.78, 5) is 12.2. The predicted octanol–water partition coefficient (Wildman–Crippen LogP) is 5.36. The summed E-state index contributed by atoms with van der Waals surface area (Å²) in [6, 6.07) is 21.9. The molecule has 0 unspecified atom stereocenters. The maximum atomic E-state index is 12.2. The first-order valence-electron chi connectivity index (χ1n) is 9.43. The van der Waals surface area contributed by atoms with E-state index in [0.29, 0.717) is 19.8 Å². The lowest BCUT2D eigenvalue weighted by Gasteiger charge is -2.12. The van der Waals surface area contributed by atoms with E-state index in [1.54, 1.807) is 13.0 Å². The highest BCUT2D eigenvalue weighted by Crippen LogP contribution is 2.30. The minimum Gasteiger partial charge on any atom is -0.488 e. The largest absolute Gasteiger partial charge is 0.488 e. The number of hydrogen-bond acceptors (Lipinski definition) is 4. The lowest BCUT2D eigenvalue weighted by atomic mass is 10.0. The molecule has 28 heavy (non-hydrogen) atoms. The van der Waals surface area contributed by atoms with Crippen LogP contribution in [0.5, 0.6) is 5.75 Å². The van der Waals surface area contributed by atoms with Gasteiger partial charge in [-0.25, -0.2) is 4.79 Å². The molecule has 0 aliphatic carbocycles. The van der Waals surface area contributed by atoms with Crippen molar-refractivity contribution >= 4 is 22.8 Å². The van der Waals surface area contributed by atoms with Crippen molar-refractivity contribution in [1.29, 1.82) is 0 Å². The molecule has 0 radical (unpaired) electrons. The molecule has 144 valence electrons. The zero-order valence-electron chi connectivity index (χ0n) is 16.2. The molecule has 0 aromatic heterocycles. The van der Waals surface area contributed by atoms with Crippen LogP contribution in [0.2, 0.25) is 0 Å². The third-order valence-corrected chi connectivity index (χ3v) is 4.22. The lowest BCUT2D eigenvalue weighted by molar-refractivity contribution is -0.142. The summed E-state index contributed by atoms with van der Waals surface area (Å²) in [5.74, 6) is 0.538. The molecule has 0 N–H and O–H groups in total. The second-order valence-corrected chi connectivity index (χ2v) is 6.13. The Labute approximate surface area is 165 Å². The SMILES string of the molecule is CCOC(=O)/C(=C/c1ccc(OCc2ccccc2)c2ccccc12)OCC. The third kappa shape index (κ3) is 4.71. The van der Waals surface area contributed by atoms with Crippen LogP contribution < -0.4 is 4.74 Å². The van der Waals surface area contributed by atoms with Gasteiger partial charge >= 0.3 is 5.97 Å². The summed E-state index contributed by atoms with van der Waals surface area (Å²) in [6.45, 7) is 4.80. The van der Waals surface area contributed by atoms with E-state index in [9.17, 15) is 4.79 Å². The Hall–Kier alpha value is -3.27. The van der Waals surface area contributed by atoms with Crippen LogP contribution in [-0.2, 0) is 20.9 Å². The molecule has 0 heterocycles. The van der Waals surface area contributed by atoms with Crippen LogP contribution in [0.4, 0.5) is 0 Å². The molecule has 3 aromatic rings. The number of rotatable bonds is 8. The minimum atomic E-state index is -0.460. The molecule has 0 aliphatic heterocycles. The fourth-order valence-electron chi connectivity index (χ4n) is 2.94. The van der Waals surface area contributed by atoms with Crippen molar-refractivity contribution in [3.63, 3.8) is 0 Å². The Morgan fingerprint density at radius 2 is 1.50 bits per heavy atom. The van der Waals surface area contributed by atoms with E-state index in [-0.39, 0.29) is 5.76 Å². The highest BCUT2D eigenvalue weighted by atomic mass is 16.6. The van der Waals surface area contributed by atoms with Gasteiger partial charge in [0.15, 0.2) is 0 Å². The van der Waals surface area contributed by atoms with E-state index in [1.165, 1.54) is 0 Å². The van der Waals surface area contributed by atoms with E-state index < -0.39 is 5.97 Å². The van der Waals surface area contributed by atoms with Crippen LogP contribution in [0.25, 0.3) is 16.8 Å². The Kier molecular flexibility index (Phi) is 6.68. The summed E-state index contributed by atoms with van der Waals surface area (Å²) in [5, 5.41) is 1.96. The lowest BCUT2D eigenvalue weighted by Crippen LogP contribution is -2.10. The van der Waals surface area contributed by atoms with Crippen LogP contribution in [-0.4, -0.2) is 19.2 Å². The average Bonchev–Trinajstić information content (AvgIpc) is 2.73. The number of benzene rings is 3. The van der Waals surface area contributed by atoms with Gasteiger partial charge < -0.3 is 14.2 Å². The Bertz CT molecular complexity index is 961. The molecule has 0 amide bonds. The van der Waals surface area contributed by atoms with Crippen LogP contribution in [0.1, 0.15) is 25.0 Å². The van der Waals surface area contributed by atoms with Gasteiger partial charge in [0.2, 0.25) is 5.76 Å². The van der Waals surface area contributed by atoms with Gasteiger partial charge in [0.1, 0.15) is 12.4 Å². The van der Waals surface area contributed by atoms with Gasteiger partial charge in [0.25, 0.3) is 0 Å². The van der Waals surface area contributed by atoms with Crippen molar-refractivity contribution in [2.24, 2.45) is 0 Å². The molecule has 0 saturated carbocycles. The molecule has 4 heteroatoms. The Balaban J connectivity index is 1.94. The molecule has 0 atom stereocenters. The van der Waals surface area contributed by atoms with Gasteiger partial charge in [0, 0.05) is 5.39 Å². The number of ether oxygens (including phenoxy) is 3. The number of fused-ring (bicyclic) bond motifs is 1. The maximum Gasteiger partial charge on any atom is 0.373 e. The molecule has 0 bridgehead atoms. The van der Waals surface area contributed by atoms with Crippen LogP contribution in [0.3, 0.4) is 0 Å². The minimum absolute atomic E-state index is 0.201. The maximum absolute atomic E-state index is 12.2. The third-order valence-electron chi connectivity index (χ3n) is 4.22. The molecule has 0 aliphatic rings. The van der Waals surface area contributed by atoms with Crippen molar-refractivity contribution < 1.29 is 19.0 Å². The second kappa shape index (κ2) is 9.60. The summed E-state index contributed by atoms with van der Waals surface area (Å²) in [7, 11) is 0. The molecule has 3 aromatic carbocycles. The van der Waals surface area contributed by atoms with Gasteiger partial charge in [-0.15, -0.1) is 0 Å². The van der Waals surface area contributed by atoms with E-state index in [4.69, 9.17) is 14.2 Å². The molecular formula is C24H24O4. The van der Waals surface area contributed by atoms with Crippen LogP contribution >= 0.6 is 0 Å². The first-order valence-corrected chi connectivity index (χ1v) is 9.43. The van der Waals surface area contributed by atoms with Gasteiger partial charge in [-0.1, -0.05) is 60.7 Å². The van der Waals surface area contributed by atoms with Crippen molar-refractivity contribution in [3.05, 3.63) is 83.6 Å². The monoisotopic (exact) mass is 376 g/mol. The van der Waals surface area contributed by atoms with E-state index >= 15 is 0 Å². The molecule has 0 saturated heterocycles. The van der Waals surface area contributed by atoms with E-state index in [1.807, 2.05) is 73.7 Å². The standard InChI is InChI=1S/C24H24O4/c1-3-26-23(24(25)27-4-2)16-19-14-15-22(21-13-9-8-12-20(19)21)28-17-18-10-6-5-7-11-18/h5-16H,3-4,17H2,1-2H3/b23-16-. The van der Waals surface area contributed by atoms with Gasteiger partial charge in [-0.05, 0) is 42.5 Å². The zero-order valence-corrected chi connectivity index (χ0v) is 16.2. The number of carbonyl (C=O) groups excluding carboxylic acids is 1. The van der Waals surface area contributed by atoms with E-state index in [2.05, 4.69) is 0 Å². The quantitative estimate of drug-likeness (QED) is 0.302. The number of carbonyl (C=O) groups is 1. The highest BCUT2D eigenvalue weighted by molar-refractivity contribution is 5.99. The number of hydrogen-bond donors (Lipinski definition) is 0.